The summed E-state index contributed by atoms with van der Waals surface area (Å²) in [5, 5.41) is 75.5. The molecule has 97 heavy (non-hydrogen) atoms. The monoisotopic (exact) mass is 1380 g/mol. The number of carbonyl (C=O) groups excluding carboxylic acids is 12. The summed E-state index contributed by atoms with van der Waals surface area (Å²) in [6.45, 7) is 10.2. The second kappa shape index (κ2) is 43.8. The molecule has 0 fully saturated rings. The number of aliphatic imine (C=N–C) groups is 1. The third-order valence-electron chi connectivity index (χ3n) is 14.7. The van der Waals surface area contributed by atoms with Crippen molar-refractivity contribution in [1.82, 2.24) is 58.5 Å². The number of nitrogens with one attached hydrogen (secondary N) is 11. The number of guanidine groups is 1. The van der Waals surface area contributed by atoms with Crippen LogP contribution in [0.1, 0.15) is 138 Å². The predicted octanol–water partition coefficient (Wildman–Crippen LogP) is -5.58. The first kappa shape index (κ1) is 84.9. The molecule has 1 aromatic rings. The number of unbranched alkanes of at least 4 members (excludes halogenated alkanes) is 1. The van der Waals surface area contributed by atoms with E-state index in [0.29, 0.717) is 12.0 Å². The molecule has 0 spiro atoms. The Kier molecular flexibility index (Phi) is 38.4. The van der Waals surface area contributed by atoms with Gasteiger partial charge in [0.2, 0.25) is 70.9 Å². The molecule has 37 heteroatoms. The number of aliphatic hydroxyl groups is 1. The van der Waals surface area contributed by atoms with Crippen LogP contribution in [0.15, 0.2) is 35.3 Å². The van der Waals surface area contributed by atoms with Gasteiger partial charge in [-0.2, -0.15) is 0 Å². The predicted molar refractivity (Wildman–Crippen MR) is 344 cm³/mol. The zero-order chi connectivity index (χ0) is 73.8. The van der Waals surface area contributed by atoms with Crippen molar-refractivity contribution in [2.45, 2.75) is 211 Å². The lowest BCUT2D eigenvalue weighted by atomic mass is 9.97. The molecule has 12 amide bonds. The average Bonchev–Trinajstić information content (AvgIpc) is 0.928. The molecule has 37 nitrogen and oxygen atoms in total. The van der Waals surface area contributed by atoms with Gasteiger partial charge in [-0.3, -0.25) is 76.9 Å². The molecule has 1 aromatic carbocycles. The van der Waals surface area contributed by atoms with Gasteiger partial charge < -0.3 is 107 Å². The summed E-state index contributed by atoms with van der Waals surface area (Å²) in [7, 11) is 0. The van der Waals surface area contributed by atoms with Gasteiger partial charge in [-0.15, -0.1) is 0 Å². The number of carboxylic acids is 4. The average molecular weight is 1380 g/mol. The fraction of sp³-hybridized carbons (Fsp3) is 0.617. The van der Waals surface area contributed by atoms with Gasteiger partial charge in [0.25, 0.3) is 0 Å². The van der Waals surface area contributed by atoms with Crippen LogP contribution in [-0.4, -0.2) is 212 Å². The van der Waals surface area contributed by atoms with E-state index in [0.717, 1.165) is 6.92 Å². The van der Waals surface area contributed by atoms with Crippen molar-refractivity contribution in [3.05, 3.63) is 35.9 Å². The molecule has 1 rings (SSSR count). The first-order chi connectivity index (χ1) is 45.4. The van der Waals surface area contributed by atoms with Crippen molar-refractivity contribution < 1.29 is 102 Å². The molecule has 0 saturated carbocycles. The number of aliphatic carboxylic acids is 4. The molecular weight excluding hydrogens is 1280 g/mol. The fourth-order valence-electron chi connectivity index (χ4n) is 9.17. The van der Waals surface area contributed by atoms with Gasteiger partial charge in [0.15, 0.2) is 5.96 Å². The molecule has 0 bridgehead atoms. The highest BCUT2D eigenvalue weighted by molar-refractivity contribution is 6.00. The summed E-state index contributed by atoms with van der Waals surface area (Å²) < 4.78 is 0. The minimum atomic E-state index is -2.07. The maximum absolute atomic E-state index is 14.6. The Morgan fingerprint density at radius 1 is 0.485 bits per heavy atom. The van der Waals surface area contributed by atoms with E-state index < -0.39 is 212 Å². The van der Waals surface area contributed by atoms with E-state index in [1.165, 1.54) is 26.0 Å². The quantitative estimate of drug-likeness (QED) is 0.0164. The van der Waals surface area contributed by atoms with Crippen LogP contribution < -0.4 is 81.4 Å². The van der Waals surface area contributed by atoms with Gasteiger partial charge in [0, 0.05) is 39.3 Å². The Hall–Kier alpha value is -10.1. The highest BCUT2D eigenvalue weighted by atomic mass is 16.4. The van der Waals surface area contributed by atoms with Crippen LogP contribution in [0.2, 0.25) is 0 Å². The third-order valence-corrected chi connectivity index (χ3v) is 14.7. The van der Waals surface area contributed by atoms with Gasteiger partial charge in [-0.1, -0.05) is 64.4 Å². The summed E-state index contributed by atoms with van der Waals surface area (Å²) in [5.41, 5.74) is 22.2. The second-order valence-corrected chi connectivity index (χ2v) is 23.6. The van der Waals surface area contributed by atoms with E-state index in [9.17, 15) is 97.1 Å². The molecular formula is C60H96N16O21. The van der Waals surface area contributed by atoms with E-state index in [1.54, 1.807) is 45.9 Å². The van der Waals surface area contributed by atoms with Crippen molar-refractivity contribution in [1.29, 1.82) is 0 Å². The van der Waals surface area contributed by atoms with Gasteiger partial charge in [-0.25, -0.2) is 4.79 Å². The molecule has 0 aliphatic rings. The Morgan fingerprint density at radius 3 is 1.46 bits per heavy atom. The number of hydrogen-bond acceptors (Lipinski definition) is 19. The van der Waals surface area contributed by atoms with E-state index >= 15 is 0 Å². The normalized spacial score (nSPS) is 15.0. The summed E-state index contributed by atoms with van der Waals surface area (Å²) >= 11 is 0. The van der Waals surface area contributed by atoms with Crippen LogP contribution >= 0.6 is 0 Å². The van der Waals surface area contributed by atoms with Crippen molar-refractivity contribution in [2.24, 2.45) is 39.8 Å². The zero-order valence-electron chi connectivity index (χ0n) is 55.3. The van der Waals surface area contributed by atoms with Crippen molar-refractivity contribution in [3.8, 4) is 0 Å². The molecule has 542 valence electrons. The molecule has 0 aromatic heterocycles. The number of amides is 12. The smallest absolute Gasteiger partial charge is 0.326 e. The number of nitrogens with zero attached hydrogens (tertiary/aromatic N) is 1. The number of primary amides is 1. The Bertz CT molecular complexity index is 2930. The third kappa shape index (κ3) is 34.3. The van der Waals surface area contributed by atoms with Crippen LogP contribution in [0.4, 0.5) is 0 Å². The van der Waals surface area contributed by atoms with Crippen LogP contribution in [0.5, 0.6) is 0 Å². The lowest BCUT2D eigenvalue weighted by Crippen LogP contribution is -2.62. The van der Waals surface area contributed by atoms with Gasteiger partial charge in [0.1, 0.15) is 60.4 Å². The number of benzene rings is 1. The minimum absolute atomic E-state index is 0.0180. The van der Waals surface area contributed by atoms with Gasteiger partial charge in [-0.05, 0) is 82.6 Å². The minimum Gasteiger partial charge on any atom is -0.481 e. The standard InChI is InChI=1S/C60H96N16O21/c1-8-30(4)47(75-50(87)35(61)19-22-44(80)81)57(94)67-31(5)49(86)68-37(20-21-43(62)79)51(88)73-41(27-45(82)83)55(92)72-40(26-34-15-10-9-11-16-34)54(91)69-36(17-12-13-23-65-33(7)78)52(89)76-48(32(6)77)58(95)74-42(28-46(84)85)56(93)71-39(25-29(2)3)53(90)70-38(59(96)97)18-14-24-66-60(63)64/h9-11,15-16,29-32,35-42,47-48,77H,8,12-14,17-28,61H2,1-7H3,(H2,62,79)(H,65,78)(H,67,94)(H,68,86)(H,69,91)(H,70,90)(H,71,93)(H,72,92)(H,73,88)(H,74,95)(H,75,87)(H,76,89)(H,80,81)(H,82,83)(H,84,85)(H,96,97)(H4,63,64,66)/t30-,31-,32+,35-,36-,37-,38-,39-,40-,41-,42-,47-,48-/m0/s1. The maximum Gasteiger partial charge on any atom is 0.326 e. The first-order valence-corrected chi connectivity index (χ1v) is 31.3. The Morgan fingerprint density at radius 2 is 0.948 bits per heavy atom. The summed E-state index contributed by atoms with van der Waals surface area (Å²) in [6.07, 6.45) is -6.29. The van der Waals surface area contributed by atoms with Crippen molar-refractivity contribution in [2.75, 3.05) is 13.1 Å². The molecule has 13 atom stereocenters. The second-order valence-electron chi connectivity index (χ2n) is 23.6. The van der Waals surface area contributed by atoms with E-state index in [-0.39, 0.29) is 69.9 Å². The van der Waals surface area contributed by atoms with Gasteiger partial charge >= 0.3 is 23.9 Å². The number of carboxylic acid groups (broad SMARTS) is 4. The lowest BCUT2D eigenvalue weighted by molar-refractivity contribution is -0.143. The molecule has 0 unspecified atom stereocenters. The topological polar surface area (TPSA) is 623 Å². The largest absolute Gasteiger partial charge is 0.481 e. The summed E-state index contributed by atoms with van der Waals surface area (Å²) in [6, 6.07) is -10.7. The number of hydrogen-bond donors (Lipinski definition) is 20. The number of nitrogens with two attached hydrogens (primary N) is 4. The van der Waals surface area contributed by atoms with Crippen LogP contribution in [0.25, 0.3) is 0 Å². The van der Waals surface area contributed by atoms with Crippen LogP contribution in [0.3, 0.4) is 0 Å². The molecule has 0 heterocycles. The Balaban J connectivity index is 3.70. The highest BCUT2D eigenvalue weighted by Gasteiger charge is 2.38. The first-order valence-electron chi connectivity index (χ1n) is 31.3. The molecule has 0 aliphatic carbocycles. The number of aliphatic hydroxyl groups excluding tert-OH is 1. The number of carbonyl (C=O) groups is 16. The molecule has 24 N–H and O–H groups in total. The molecule has 0 saturated heterocycles. The highest BCUT2D eigenvalue weighted by Crippen LogP contribution is 2.14. The van der Waals surface area contributed by atoms with Gasteiger partial charge in [0.05, 0.1) is 25.0 Å². The van der Waals surface area contributed by atoms with E-state index in [4.69, 9.17) is 28.0 Å². The van der Waals surface area contributed by atoms with Crippen LogP contribution in [0, 0.1) is 11.8 Å². The summed E-state index contributed by atoms with van der Waals surface area (Å²) in [5.74, 6) is -19.9. The lowest BCUT2D eigenvalue weighted by Gasteiger charge is -2.29. The summed E-state index contributed by atoms with van der Waals surface area (Å²) in [4.78, 5) is 214. The van der Waals surface area contributed by atoms with E-state index in [2.05, 4.69) is 63.5 Å². The van der Waals surface area contributed by atoms with Crippen LogP contribution in [-0.2, 0) is 83.1 Å². The molecule has 0 radical (unpaired) electrons. The maximum atomic E-state index is 14.6. The van der Waals surface area contributed by atoms with Crippen molar-refractivity contribution in [3.63, 3.8) is 0 Å². The SMILES string of the molecule is CC[C@H](C)[C@H](NC(=O)[C@@H](N)CCC(=O)O)C(=O)N[C@@H](C)C(=O)N[C@@H](CCC(N)=O)C(=O)N[C@@H](CC(=O)O)C(=O)N[C@@H](Cc1ccccc1)C(=O)N[C@@H](CCCCNC(C)=O)C(=O)N[C@H](C(=O)N[C@@H](CC(=O)O)C(=O)N[C@@H](CC(C)C)C(=O)N[C@@H](CCCN=C(N)N)C(=O)O)[C@@H](C)O. The zero-order valence-corrected chi connectivity index (χ0v) is 55.3. The number of rotatable bonds is 47. The molecule has 0 aliphatic heterocycles. The van der Waals surface area contributed by atoms with E-state index in [1.807, 2.05) is 0 Å². The fourth-order valence-corrected chi connectivity index (χ4v) is 9.17. The Labute approximate surface area is 559 Å². The van der Waals surface area contributed by atoms with Crippen molar-refractivity contribution >= 4 is 101 Å².